The van der Waals surface area contributed by atoms with Crippen molar-refractivity contribution >= 4 is 16.2 Å². The lowest BCUT2D eigenvalue weighted by Gasteiger charge is -2.24. The number of carboxylic acid groups (broad SMARTS) is 1. The molecule has 0 unspecified atom stereocenters. The molecule has 0 aliphatic carbocycles. The fourth-order valence-corrected chi connectivity index (χ4v) is 3.44. The van der Waals surface area contributed by atoms with Gasteiger partial charge in [0.05, 0.1) is 0 Å². The van der Waals surface area contributed by atoms with Crippen molar-refractivity contribution in [2.75, 3.05) is 6.54 Å². The van der Waals surface area contributed by atoms with Gasteiger partial charge in [-0.2, -0.15) is 17.4 Å². The second-order valence-corrected chi connectivity index (χ2v) is 7.26. The molecule has 0 amide bonds. The zero-order valence-electron chi connectivity index (χ0n) is 13.2. The van der Waals surface area contributed by atoms with E-state index in [1.165, 1.54) is 4.31 Å². The van der Waals surface area contributed by atoms with Gasteiger partial charge in [-0.1, -0.05) is 51.1 Å². The van der Waals surface area contributed by atoms with E-state index in [0.717, 1.165) is 5.56 Å². The number of benzene rings is 1. The highest BCUT2D eigenvalue weighted by molar-refractivity contribution is 7.87. The Labute approximate surface area is 132 Å². The molecule has 0 bridgehead atoms. The number of nitrogens with zero attached hydrogens (tertiary/aromatic N) is 1. The first kappa shape index (κ1) is 18.6. The molecule has 1 rings (SSSR count). The maximum absolute atomic E-state index is 12.4. The van der Waals surface area contributed by atoms with Gasteiger partial charge in [-0.05, 0) is 17.9 Å². The average Bonchev–Trinajstić information content (AvgIpc) is 2.44. The lowest BCUT2D eigenvalue weighted by molar-refractivity contribution is -0.139. The maximum Gasteiger partial charge on any atom is 0.321 e. The molecule has 2 N–H and O–H groups in total. The maximum atomic E-state index is 12.4. The van der Waals surface area contributed by atoms with E-state index in [2.05, 4.69) is 4.72 Å². The van der Waals surface area contributed by atoms with Gasteiger partial charge in [-0.25, -0.2) is 0 Å². The minimum Gasteiger partial charge on any atom is -0.480 e. The van der Waals surface area contributed by atoms with Crippen LogP contribution in [0.15, 0.2) is 30.3 Å². The zero-order valence-corrected chi connectivity index (χ0v) is 14.0. The van der Waals surface area contributed by atoms with Crippen molar-refractivity contribution in [3.05, 3.63) is 35.9 Å². The molecule has 0 aliphatic heterocycles. The first-order chi connectivity index (χ1) is 10.3. The second-order valence-electron chi connectivity index (χ2n) is 5.56. The van der Waals surface area contributed by atoms with Crippen LogP contribution in [0.25, 0.3) is 0 Å². The molecule has 1 aromatic rings. The lowest BCUT2D eigenvalue weighted by atomic mass is 10.1. The summed E-state index contributed by atoms with van der Waals surface area (Å²) in [5, 5.41) is 9.18. The van der Waals surface area contributed by atoms with Crippen molar-refractivity contribution in [2.45, 2.75) is 39.8 Å². The number of carbonyl (C=O) groups is 1. The summed E-state index contributed by atoms with van der Waals surface area (Å²) in [5.74, 6) is -1.08. The topological polar surface area (TPSA) is 86.7 Å². The molecule has 0 saturated heterocycles. The Morgan fingerprint density at radius 3 is 2.32 bits per heavy atom. The van der Waals surface area contributed by atoms with Gasteiger partial charge < -0.3 is 5.11 Å². The van der Waals surface area contributed by atoms with Crippen LogP contribution in [-0.4, -0.2) is 36.4 Å². The fraction of sp³-hybridized carbons (Fsp3) is 0.533. The highest BCUT2D eigenvalue weighted by Crippen LogP contribution is 2.11. The number of nitrogens with one attached hydrogen (secondary N) is 1. The number of carboxylic acids is 1. The highest BCUT2D eigenvalue weighted by atomic mass is 32.2. The van der Waals surface area contributed by atoms with E-state index in [-0.39, 0.29) is 25.4 Å². The molecule has 0 aliphatic rings. The summed E-state index contributed by atoms with van der Waals surface area (Å²) in [6.45, 7) is 5.90. The van der Waals surface area contributed by atoms with Crippen LogP contribution in [0.3, 0.4) is 0 Å². The Bertz CT molecular complexity index is 572. The minimum absolute atomic E-state index is 0.0769. The van der Waals surface area contributed by atoms with Crippen LogP contribution in [0.2, 0.25) is 0 Å². The minimum atomic E-state index is -3.86. The van der Waals surface area contributed by atoms with Crippen LogP contribution in [0, 0.1) is 5.92 Å². The molecule has 0 heterocycles. The first-order valence-electron chi connectivity index (χ1n) is 7.30. The Hall–Kier alpha value is -1.44. The Morgan fingerprint density at radius 2 is 1.86 bits per heavy atom. The Balaban J connectivity index is 2.86. The molecule has 0 spiro atoms. The van der Waals surface area contributed by atoms with Crippen LogP contribution in [0.5, 0.6) is 0 Å². The molecule has 124 valence electrons. The normalized spacial score (nSPS) is 13.5. The third kappa shape index (κ3) is 5.75. The van der Waals surface area contributed by atoms with E-state index >= 15 is 0 Å². The molecular weight excluding hydrogens is 304 g/mol. The average molecular weight is 328 g/mol. The van der Waals surface area contributed by atoms with Crippen LogP contribution >= 0.6 is 0 Å². The van der Waals surface area contributed by atoms with Gasteiger partial charge in [0.2, 0.25) is 0 Å². The van der Waals surface area contributed by atoms with Crippen molar-refractivity contribution in [2.24, 2.45) is 5.92 Å². The van der Waals surface area contributed by atoms with E-state index in [1.807, 2.05) is 44.2 Å². The molecule has 0 radical (unpaired) electrons. The summed E-state index contributed by atoms with van der Waals surface area (Å²) < 4.78 is 28.4. The first-order valence-corrected chi connectivity index (χ1v) is 8.74. The molecular formula is C15H24N2O4S. The number of rotatable bonds is 9. The summed E-state index contributed by atoms with van der Waals surface area (Å²) in [5.41, 5.74) is 0.852. The summed E-state index contributed by atoms with van der Waals surface area (Å²) in [4.78, 5) is 11.2. The summed E-state index contributed by atoms with van der Waals surface area (Å²) in [7, 11) is -3.86. The van der Waals surface area contributed by atoms with Crippen molar-refractivity contribution in [3.63, 3.8) is 0 Å². The van der Waals surface area contributed by atoms with Gasteiger partial charge >= 0.3 is 5.97 Å². The van der Waals surface area contributed by atoms with Gasteiger partial charge in [0.25, 0.3) is 10.2 Å². The molecule has 6 nitrogen and oxygen atoms in total. The van der Waals surface area contributed by atoms with Crippen LogP contribution < -0.4 is 4.72 Å². The second kappa shape index (κ2) is 8.26. The van der Waals surface area contributed by atoms with Gasteiger partial charge in [0.1, 0.15) is 6.04 Å². The van der Waals surface area contributed by atoms with Gasteiger partial charge in [-0.15, -0.1) is 0 Å². The summed E-state index contributed by atoms with van der Waals surface area (Å²) in [6, 6.07) is 8.08. The van der Waals surface area contributed by atoms with Crippen LogP contribution in [-0.2, 0) is 21.5 Å². The van der Waals surface area contributed by atoms with Crippen LogP contribution in [0.4, 0.5) is 0 Å². The molecule has 22 heavy (non-hydrogen) atoms. The number of hydrogen-bond donors (Lipinski definition) is 2. The smallest absolute Gasteiger partial charge is 0.321 e. The summed E-state index contributed by atoms with van der Waals surface area (Å²) >= 11 is 0. The van der Waals surface area contributed by atoms with E-state index in [9.17, 15) is 18.3 Å². The largest absolute Gasteiger partial charge is 0.480 e. The summed E-state index contributed by atoms with van der Waals surface area (Å²) in [6.07, 6.45) is 0.247. The van der Waals surface area contributed by atoms with E-state index in [4.69, 9.17) is 0 Å². The van der Waals surface area contributed by atoms with Crippen molar-refractivity contribution in [3.8, 4) is 0 Å². The molecule has 1 aromatic carbocycles. The van der Waals surface area contributed by atoms with Crippen molar-refractivity contribution in [1.29, 1.82) is 0 Å². The number of aliphatic carboxylic acids is 1. The third-order valence-electron chi connectivity index (χ3n) is 3.19. The van der Waals surface area contributed by atoms with Crippen LogP contribution in [0.1, 0.15) is 32.8 Å². The molecule has 7 heteroatoms. The third-order valence-corrected chi connectivity index (χ3v) is 4.84. The molecule has 0 aromatic heterocycles. The van der Waals surface area contributed by atoms with E-state index < -0.39 is 22.2 Å². The van der Waals surface area contributed by atoms with Gasteiger partial charge in [0.15, 0.2) is 0 Å². The predicted molar refractivity (Wildman–Crippen MR) is 85.5 cm³/mol. The van der Waals surface area contributed by atoms with Gasteiger partial charge in [-0.3, -0.25) is 4.79 Å². The van der Waals surface area contributed by atoms with Crippen molar-refractivity contribution in [1.82, 2.24) is 9.03 Å². The monoisotopic (exact) mass is 328 g/mol. The number of hydrogen-bond acceptors (Lipinski definition) is 3. The molecule has 1 atom stereocenters. The van der Waals surface area contributed by atoms with Gasteiger partial charge in [0, 0.05) is 13.1 Å². The lowest BCUT2D eigenvalue weighted by Crippen LogP contribution is -2.48. The Kier molecular flexibility index (Phi) is 6.99. The molecule has 0 fully saturated rings. The molecule has 0 saturated carbocycles. The van der Waals surface area contributed by atoms with Crippen molar-refractivity contribution < 1.29 is 18.3 Å². The SMILES string of the molecule is CCN(Cc1ccccc1)S(=O)(=O)N[C@@H](CC(C)C)C(=O)O. The highest BCUT2D eigenvalue weighted by Gasteiger charge is 2.28. The Morgan fingerprint density at radius 1 is 1.27 bits per heavy atom. The van der Waals surface area contributed by atoms with E-state index in [1.54, 1.807) is 6.92 Å². The van der Waals surface area contributed by atoms with E-state index in [0.29, 0.717) is 0 Å². The predicted octanol–water partition coefficient (Wildman–Crippen LogP) is 1.84. The fourth-order valence-electron chi connectivity index (χ4n) is 2.08. The standard InChI is InChI=1S/C15H24N2O4S/c1-4-17(11-13-8-6-5-7-9-13)22(20,21)16-14(15(18)19)10-12(2)3/h5-9,12,14,16H,4,10-11H2,1-3H3,(H,18,19)/t14-/m0/s1. The zero-order chi connectivity index (χ0) is 16.8. The quantitative estimate of drug-likeness (QED) is 0.724.